The Morgan fingerprint density at radius 2 is 1.62 bits per heavy atom. The molecule has 0 spiro atoms. The van der Waals surface area contributed by atoms with E-state index >= 15 is 0 Å². The average molecular weight is 375 g/mol. The summed E-state index contributed by atoms with van der Waals surface area (Å²) in [4.78, 5) is 12.0. The summed E-state index contributed by atoms with van der Waals surface area (Å²) in [5.74, 6) is 0.268. The number of carbonyl (C=O) groups is 1. The lowest BCUT2D eigenvalue weighted by atomic mass is 9.99. The van der Waals surface area contributed by atoms with Crippen LogP contribution in [0.3, 0.4) is 0 Å². The molecule has 0 bridgehead atoms. The zero-order valence-electron chi connectivity index (χ0n) is 15.5. The lowest BCUT2D eigenvalue weighted by molar-refractivity contribution is 0.0956. The van der Waals surface area contributed by atoms with Gasteiger partial charge in [-0.2, -0.15) is 0 Å². The molecule has 0 aromatic heterocycles. The summed E-state index contributed by atoms with van der Waals surface area (Å²) in [6, 6.07) is 13.9. The summed E-state index contributed by atoms with van der Waals surface area (Å²) in [6.07, 6.45) is 1.01. The molecule has 1 atom stereocenters. The van der Waals surface area contributed by atoms with Gasteiger partial charge in [-0.15, -0.1) is 0 Å². The van der Waals surface area contributed by atoms with Crippen molar-refractivity contribution in [1.29, 1.82) is 0 Å². The molecule has 0 saturated carbocycles. The maximum absolute atomic E-state index is 12.4. The van der Waals surface area contributed by atoms with Crippen LogP contribution in [0.1, 0.15) is 54.6 Å². The Hall–Kier alpha value is -2.18. The van der Waals surface area contributed by atoms with E-state index in [1.54, 1.807) is 36.4 Å². The topological polar surface area (TPSA) is 75.3 Å². The molecule has 0 radical (unpaired) electrons. The van der Waals surface area contributed by atoms with Crippen LogP contribution in [0.15, 0.2) is 53.4 Å². The molecule has 2 aromatic carbocycles. The van der Waals surface area contributed by atoms with E-state index in [-0.39, 0.29) is 17.3 Å². The smallest absolute Gasteiger partial charge is 0.251 e. The molecule has 5 nitrogen and oxygen atoms in total. The Labute approximate surface area is 155 Å². The quantitative estimate of drug-likeness (QED) is 0.743. The highest BCUT2D eigenvalue weighted by Gasteiger charge is 2.14. The van der Waals surface area contributed by atoms with Gasteiger partial charge in [0.1, 0.15) is 0 Å². The predicted molar refractivity (Wildman–Crippen MR) is 104 cm³/mol. The maximum atomic E-state index is 12.4. The number of hydrogen-bond acceptors (Lipinski definition) is 3. The van der Waals surface area contributed by atoms with Gasteiger partial charge in [-0.25, -0.2) is 13.1 Å². The molecule has 1 unspecified atom stereocenters. The van der Waals surface area contributed by atoms with Crippen molar-refractivity contribution in [2.45, 2.75) is 44.6 Å². The molecule has 140 valence electrons. The maximum Gasteiger partial charge on any atom is 0.251 e. The van der Waals surface area contributed by atoms with Crippen molar-refractivity contribution < 1.29 is 13.2 Å². The Bertz CT molecular complexity index is 828. The van der Waals surface area contributed by atoms with Gasteiger partial charge in [0, 0.05) is 18.7 Å². The fourth-order valence-electron chi connectivity index (χ4n) is 2.51. The highest BCUT2D eigenvalue weighted by atomic mass is 32.2. The summed E-state index contributed by atoms with van der Waals surface area (Å²) in [5.41, 5.74) is 2.48. The van der Waals surface area contributed by atoms with E-state index in [1.807, 2.05) is 19.1 Å². The Morgan fingerprint density at radius 1 is 1.00 bits per heavy atom. The van der Waals surface area contributed by atoms with E-state index in [9.17, 15) is 13.2 Å². The molecule has 0 aliphatic rings. The number of carbonyl (C=O) groups excluding carboxylic acids is 1. The summed E-state index contributed by atoms with van der Waals surface area (Å²) >= 11 is 0. The first-order valence-electron chi connectivity index (χ1n) is 8.84. The van der Waals surface area contributed by atoms with Gasteiger partial charge in [0.05, 0.1) is 4.90 Å². The van der Waals surface area contributed by atoms with Gasteiger partial charge in [-0.05, 0) is 54.7 Å². The first-order chi connectivity index (χ1) is 12.4. The first kappa shape index (κ1) is 20.1. The second kappa shape index (κ2) is 8.96. The molecular formula is C20H26N2O3S. The predicted octanol–water partition coefficient (Wildman–Crippen LogP) is 3.43. The van der Waals surface area contributed by atoms with Crippen LogP contribution in [0.2, 0.25) is 0 Å². The standard InChI is InChI=1S/C20H26N2O3S/c1-4-15(3)17-10-12-19(13-11-17)26(24,25)22-14-16-6-8-18(9-7-16)20(23)21-5-2/h6-13,15,22H,4-5,14H2,1-3H3,(H,21,23). The van der Waals surface area contributed by atoms with E-state index in [1.165, 1.54) is 0 Å². The number of sulfonamides is 1. The highest BCUT2D eigenvalue weighted by Crippen LogP contribution is 2.20. The second-order valence-corrected chi connectivity index (χ2v) is 8.03. The molecular weight excluding hydrogens is 348 g/mol. The van der Waals surface area contributed by atoms with Crippen molar-refractivity contribution in [3.8, 4) is 0 Å². The van der Waals surface area contributed by atoms with Crippen LogP contribution in [-0.4, -0.2) is 20.9 Å². The zero-order chi connectivity index (χ0) is 19.2. The van der Waals surface area contributed by atoms with Crippen molar-refractivity contribution in [1.82, 2.24) is 10.0 Å². The molecule has 0 saturated heterocycles. The lowest BCUT2D eigenvalue weighted by Gasteiger charge is -2.11. The molecule has 0 aliphatic carbocycles. The van der Waals surface area contributed by atoms with E-state index in [4.69, 9.17) is 0 Å². The van der Waals surface area contributed by atoms with E-state index in [0.29, 0.717) is 18.0 Å². The van der Waals surface area contributed by atoms with Crippen molar-refractivity contribution >= 4 is 15.9 Å². The monoisotopic (exact) mass is 374 g/mol. The molecule has 6 heteroatoms. The van der Waals surface area contributed by atoms with Crippen molar-refractivity contribution in [2.75, 3.05) is 6.54 Å². The average Bonchev–Trinajstić information content (AvgIpc) is 2.66. The summed E-state index contributed by atoms with van der Waals surface area (Å²) in [7, 11) is -3.57. The molecule has 2 N–H and O–H groups in total. The molecule has 2 aromatic rings. The van der Waals surface area contributed by atoms with Gasteiger partial charge < -0.3 is 5.32 Å². The number of amides is 1. The van der Waals surface area contributed by atoms with Gasteiger partial charge in [-0.3, -0.25) is 4.79 Å². The number of rotatable bonds is 8. The molecule has 1 amide bonds. The minimum absolute atomic E-state index is 0.138. The number of nitrogens with one attached hydrogen (secondary N) is 2. The van der Waals surface area contributed by atoms with E-state index in [0.717, 1.165) is 17.5 Å². The van der Waals surface area contributed by atoms with E-state index < -0.39 is 10.0 Å². The second-order valence-electron chi connectivity index (χ2n) is 6.26. The van der Waals surface area contributed by atoms with Gasteiger partial charge in [-0.1, -0.05) is 38.1 Å². The molecule has 0 fully saturated rings. The minimum atomic E-state index is -3.57. The first-order valence-corrected chi connectivity index (χ1v) is 10.3. The third-order valence-electron chi connectivity index (χ3n) is 4.39. The third kappa shape index (κ3) is 5.16. The zero-order valence-corrected chi connectivity index (χ0v) is 16.3. The number of hydrogen-bond donors (Lipinski definition) is 2. The van der Waals surface area contributed by atoms with Gasteiger partial charge >= 0.3 is 0 Å². The van der Waals surface area contributed by atoms with Crippen LogP contribution in [0.4, 0.5) is 0 Å². The highest BCUT2D eigenvalue weighted by molar-refractivity contribution is 7.89. The van der Waals surface area contributed by atoms with Crippen molar-refractivity contribution in [3.63, 3.8) is 0 Å². The van der Waals surface area contributed by atoms with Crippen molar-refractivity contribution in [3.05, 3.63) is 65.2 Å². The largest absolute Gasteiger partial charge is 0.352 e. The van der Waals surface area contributed by atoms with Crippen molar-refractivity contribution in [2.24, 2.45) is 0 Å². The molecule has 0 aliphatic heterocycles. The van der Waals surface area contributed by atoms with Gasteiger partial charge in [0.2, 0.25) is 10.0 Å². The SMILES string of the molecule is CCNC(=O)c1ccc(CNS(=O)(=O)c2ccc(C(C)CC)cc2)cc1. The van der Waals surface area contributed by atoms with Gasteiger partial charge in [0.25, 0.3) is 5.91 Å². The minimum Gasteiger partial charge on any atom is -0.352 e. The van der Waals surface area contributed by atoms with Crippen LogP contribution in [0.25, 0.3) is 0 Å². The Morgan fingerprint density at radius 3 is 2.15 bits per heavy atom. The summed E-state index contributed by atoms with van der Waals surface area (Å²) < 4.78 is 27.5. The Balaban J connectivity index is 2.02. The summed E-state index contributed by atoms with van der Waals surface area (Å²) in [5, 5.41) is 2.73. The van der Waals surface area contributed by atoms with Crippen LogP contribution >= 0.6 is 0 Å². The van der Waals surface area contributed by atoms with Crippen LogP contribution < -0.4 is 10.0 Å². The fraction of sp³-hybridized carbons (Fsp3) is 0.350. The fourth-order valence-corrected chi connectivity index (χ4v) is 3.53. The van der Waals surface area contributed by atoms with Crippen LogP contribution in [-0.2, 0) is 16.6 Å². The van der Waals surface area contributed by atoms with E-state index in [2.05, 4.69) is 23.9 Å². The normalized spacial score (nSPS) is 12.6. The summed E-state index contributed by atoms with van der Waals surface area (Å²) in [6.45, 7) is 6.82. The van der Waals surface area contributed by atoms with Crippen LogP contribution in [0, 0.1) is 0 Å². The third-order valence-corrected chi connectivity index (χ3v) is 5.81. The molecule has 26 heavy (non-hydrogen) atoms. The molecule has 2 rings (SSSR count). The van der Waals surface area contributed by atoms with Gasteiger partial charge in [0.15, 0.2) is 0 Å². The van der Waals surface area contributed by atoms with Crippen LogP contribution in [0.5, 0.6) is 0 Å². The number of benzene rings is 2. The lowest BCUT2D eigenvalue weighted by Crippen LogP contribution is -2.24. The Kier molecular flexibility index (Phi) is 6.94. The molecule has 0 heterocycles.